The molecular weight excluding hydrogens is 607 g/mol. The normalized spacial score (nSPS) is 17.5. The Morgan fingerprint density at radius 1 is 1.22 bits per heavy atom. The van der Waals surface area contributed by atoms with Crippen LogP contribution in [0.25, 0.3) is 28.0 Å². The number of piperidine rings is 1. The van der Waals surface area contributed by atoms with Crippen molar-refractivity contribution in [3.05, 3.63) is 80.6 Å². The molecule has 5 rings (SSSR count). The molecule has 9 nitrogen and oxygen atoms in total. The third kappa shape index (κ3) is 7.58. The zero-order valence-corrected chi connectivity index (χ0v) is 25.7. The number of aromatic nitrogens is 3. The largest absolute Gasteiger partial charge is 0.395 e. The molecule has 7 N–H and O–H groups in total. The van der Waals surface area contributed by atoms with Crippen molar-refractivity contribution in [1.82, 2.24) is 25.2 Å². The molecule has 0 radical (unpaired) electrons. The highest BCUT2D eigenvalue weighted by Gasteiger charge is 2.27. The highest BCUT2D eigenvalue weighted by atomic mass is 35.5. The van der Waals surface area contributed by atoms with E-state index in [0.29, 0.717) is 55.6 Å². The Hall–Kier alpha value is -3.71. The molecule has 0 saturated carbocycles. The Morgan fingerprint density at radius 2 is 1.98 bits per heavy atom. The van der Waals surface area contributed by atoms with Gasteiger partial charge in [-0.1, -0.05) is 18.0 Å². The summed E-state index contributed by atoms with van der Waals surface area (Å²) in [5.74, 6) is -1.82. The van der Waals surface area contributed by atoms with Crippen LogP contribution in [0.4, 0.5) is 13.2 Å². The number of fused-ring (bicyclic) bond motifs is 1. The maximum atomic E-state index is 15.5. The van der Waals surface area contributed by atoms with Crippen LogP contribution >= 0.6 is 11.6 Å². The van der Waals surface area contributed by atoms with Gasteiger partial charge in [-0.05, 0) is 81.3 Å². The number of halogens is 4. The monoisotopic (exact) mass is 643 g/mol. The van der Waals surface area contributed by atoms with E-state index in [4.69, 9.17) is 27.9 Å². The third-order valence-corrected chi connectivity index (χ3v) is 8.49. The van der Waals surface area contributed by atoms with Crippen molar-refractivity contribution in [2.45, 2.75) is 70.0 Å². The van der Waals surface area contributed by atoms with Crippen LogP contribution in [0.3, 0.4) is 0 Å². The predicted molar refractivity (Wildman–Crippen MR) is 170 cm³/mol. The fourth-order valence-electron chi connectivity index (χ4n) is 5.92. The first kappa shape index (κ1) is 32.7. The number of nitrogens with two attached hydrogens (primary N) is 1. The smallest absolute Gasteiger partial charge is 0.354 e. The van der Waals surface area contributed by atoms with Gasteiger partial charge in [-0.3, -0.25) is 9.98 Å². The first-order valence-corrected chi connectivity index (χ1v) is 15.4. The van der Waals surface area contributed by atoms with Gasteiger partial charge in [0.25, 0.3) is 0 Å². The van der Waals surface area contributed by atoms with Gasteiger partial charge < -0.3 is 26.5 Å². The molecule has 0 bridgehead atoms. The number of aliphatic hydroxyl groups excluding tert-OH is 1. The fourth-order valence-corrected chi connectivity index (χ4v) is 6.16. The molecule has 45 heavy (non-hydrogen) atoms. The Kier molecular flexibility index (Phi) is 10.3. The van der Waals surface area contributed by atoms with Crippen LogP contribution < -0.4 is 22.1 Å². The zero-order chi connectivity index (χ0) is 32.2. The SMILES string of the molecule is CC(=N)NCC[C@@H]1CCC[C@@H](c2c(F)cc(-n3cc4cc(-c5cc(CCC[C@@H](N)CO)cc(Cl)c5F)[nH]c4nc3=O)cc2F)N1. The summed E-state index contributed by atoms with van der Waals surface area (Å²) in [4.78, 5) is 20.0. The molecule has 1 fully saturated rings. The number of amidine groups is 1. The van der Waals surface area contributed by atoms with Crippen LogP contribution in [0, 0.1) is 22.9 Å². The van der Waals surface area contributed by atoms with Crippen LogP contribution in [-0.2, 0) is 6.42 Å². The van der Waals surface area contributed by atoms with Gasteiger partial charge in [-0.15, -0.1) is 0 Å². The molecule has 0 unspecified atom stereocenters. The lowest BCUT2D eigenvalue weighted by Gasteiger charge is -2.32. The molecule has 0 amide bonds. The number of H-pyrrole nitrogens is 1. The molecule has 1 aliphatic heterocycles. The minimum Gasteiger partial charge on any atom is -0.395 e. The minimum absolute atomic E-state index is 0.0220. The van der Waals surface area contributed by atoms with Crippen molar-refractivity contribution in [3.8, 4) is 16.9 Å². The summed E-state index contributed by atoms with van der Waals surface area (Å²) in [6.45, 7) is 2.13. The first-order valence-electron chi connectivity index (χ1n) is 15.1. The summed E-state index contributed by atoms with van der Waals surface area (Å²) in [5.41, 5.74) is 6.40. The number of aliphatic hydroxyl groups is 1. The van der Waals surface area contributed by atoms with E-state index < -0.39 is 29.2 Å². The standard InChI is InChI=1S/C32H37ClF3N7O2/c1-17(37)39-9-8-21-6-3-7-27(40-21)29-25(34)13-22(14-26(29)35)43-15-19-12-28(41-31(19)42-32(43)45)23-10-18(11-24(33)30(23)36)4-2-5-20(38)16-44/h10-15,20-21,27,40,44H,2-9,16,38H2,1H3,(H2,37,39)(H,41,42,45)/t20-,21+,27+/m1/s1. The maximum Gasteiger partial charge on any atom is 0.354 e. The van der Waals surface area contributed by atoms with Crippen molar-refractivity contribution in [2.24, 2.45) is 5.73 Å². The van der Waals surface area contributed by atoms with E-state index in [1.807, 2.05) is 0 Å². The van der Waals surface area contributed by atoms with Crippen molar-refractivity contribution in [1.29, 1.82) is 5.41 Å². The molecule has 0 spiro atoms. The molecule has 1 aliphatic rings. The average Bonchev–Trinajstić information content (AvgIpc) is 3.40. The number of nitrogens with zero attached hydrogens (tertiary/aromatic N) is 2. The fraction of sp³-hybridized carbons (Fsp3) is 0.406. The van der Waals surface area contributed by atoms with Gasteiger partial charge in [-0.2, -0.15) is 4.98 Å². The lowest BCUT2D eigenvalue weighted by molar-refractivity contribution is 0.258. The topological polar surface area (TPSA) is 145 Å². The molecule has 2 aromatic heterocycles. The van der Waals surface area contributed by atoms with Crippen molar-refractivity contribution in [2.75, 3.05) is 13.2 Å². The van der Waals surface area contributed by atoms with Crippen molar-refractivity contribution < 1.29 is 18.3 Å². The Balaban J connectivity index is 1.40. The van der Waals surface area contributed by atoms with Crippen LogP contribution in [0.15, 0.2) is 41.3 Å². The van der Waals surface area contributed by atoms with Gasteiger partial charge in [0.2, 0.25) is 0 Å². The molecule has 0 aliphatic carbocycles. The Labute approximate surface area is 263 Å². The number of rotatable bonds is 11. The number of aryl methyl sites for hydroxylation is 1. The molecule has 3 heterocycles. The summed E-state index contributed by atoms with van der Waals surface area (Å²) in [7, 11) is 0. The van der Waals surface area contributed by atoms with Crippen molar-refractivity contribution in [3.63, 3.8) is 0 Å². The summed E-state index contributed by atoms with van der Waals surface area (Å²) < 4.78 is 47.1. The molecule has 2 aromatic carbocycles. The summed E-state index contributed by atoms with van der Waals surface area (Å²) in [6.07, 6.45) is 6.19. The second kappa shape index (κ2) is 14.2. The van der Waals surface area contributed by atoms with E-state index in [1.165, 1.54) is 6.20 Å². The van der Waals surface area contributed by atoms with Gasteiger partial charge >= 0.3 is 5.69 Å². The Bertz CT molecular complexity index is 1740. The van der Waals surface area contributed by atoms with E-state index >= 15 is 13.2 Å². The van der Waals surface area contributed by atoms with Gasteiger partial charge in [0.05, 0.1) is 28.8 Å². The third-order valence-electron chi connectivity index (χ3n) is 8.22. The minimum atomic E-state index is -0.771. The van der Waals surface area contributed by atoms with Crippen LogP contribution in [0.2, 0.25) is 5.02 Å². The van der Waals surface area contributed by atoms with Crippen LogP contribution in [0.1, 0.15) is 62.6 Å². The van der Waals surface area contributed by atoms with Gasteiger partial charge in [-0.25, -0.2) is 18.0 Å². The molecule has 3 atom stereocenters. The quantitative estimate of drug-likeness (QED) is 0.0973. The summed E-state index contributed by atoms with van der Waals surface area (Å²) >= 11 is 6.20. The second-order valence-corrected chi connectivity index (χ2v) is 12.1. The van der Waals surface area contributed by atoms with E-state index in [-0.39, 0.29) is 46.2 Å². The van der Waals surface area contributed by atoms with Crippen molar-refractivity contribution >= 4 is 28.5 Å². The van der Waals surface area contributed by atoms with Crippen LogP contribution in [0.5, 0.6) is 0 Å². The lowest BCUT2D eigenvalue weighted by Crippen LogP contribution is -2.40. The predicted octanol–water partition coefficient (Wildman–Crippen LogP) is 5.25. The number of nitrogens with one attached hydrogen (secondary N) is 4. The summed E-state index contributed by atoms with van der Waals surface area (Å²) in [6, 6.07) is 6.24. The summed E-state index contributed by atoms with van der Waals surface area (Å²) in [5, 5.41) is 23.3. The average molecular weight is 644 g/mol. The van der Waals surface area contributed by atoms with E-state index in [2.05, 4.69) is 20.6 Å². The maximum absolute atomic E-state index is 15.5. The molecule has 4 aromatic rings. The van der Waals surface area contributed by atoms with E-state index in [0.717, 1.165) is 35.1 Å². The van der Waals surface area contributed by atoms with Crippen LogP contribution in [-0.4, -0.2) is 50.7 Å². The first-order chi connectivity index (χ1) is 21.5. The highest BCUT2D eigenvalue weighted by molar-refractivity contribution is 6.31. The van der Waals surface area contributed by atoms with Gasteiger partial charge in [0.1, 0.15) is 17.3 Å². The van der Waals surface area contributed by atoms with Gasteiger partial charge in [0.15, 0.2) is 5.82 Å². The van der Waals surface area contributed by atoms with Gasteiger partial charge in [0, 0.05) is 47.4 Å². The molecular formula is C32H37ClF3N7O2. The number of hydrogen-bond donors (Lipinski definition) is 6. The highest BCUT2D eigenvalue weighted by Crippen LogP contribution is 2.33. The Morgan fingerprint density at radius 3 is 2.69 bits per heavy atom. The molecule has 13 heteroatoms. The number of aromatic amines is 1. The van der Waals surface area contributed by atoms with E-state index in [1.54, 1.807) is 25.1 Å². The number of benzene rings is 2. The second-order valence-electron chi connectivity index (χ2n) is 11.7. The molecule has 240 valence electrons. The van der Waals surface area contributed by atoms with E-state index in [9.17, 15) is 4.79 Å². The lowest BCUT2D eigenvalue weighted by atomic mass is 9.91. The number of hydrogen-bond acceptors (Lipinski definition) is 6. The zero-order valence-electron chi connectivity index (χ0n) is 24.9. The molecule has 1 saturated heterocycles.